The first-order valence-corrected chi connectivity index (χ1v) is 20.0. The number of carbonyl (C=O) groups excluding carboxylic acids is 3. The third kappa shape index (κ3) is 6.52. The number of hydrogen-bond donors (Lipinski definition) is 0. The number of carbonyl (C=O) groups is 3. The lowest BCUT2D eigenvalue weighted by atomic mass is 9.67. The van der Waals surface area contributed by atoms with Crippen LogP contribution in [0.25, 0.3) is 0 Å². The summed E-state index contributed by atoms with van der Waals surface area (Å²) in [6, 6.07) is 6.98. The Morgan fingerprint density at radius 1 is 0.776 bits per heavy atom. The fourth-order valence-corrected chi connectivity index (χ4v) is 12.9. The standard InChI is InChI=1S/C43H60O6/c1-6-25(5)13-30-19-31-20-35(30)36-16-27(15-33(31)36)24-48-41(45)28-11-10-12-29(18-28)42(46)49-43(8-3,9-4)39-22-32-21-38(39)37-17-26(14-34(32)37)23-47-40(44)7-2/h7,10-12,18,25-27,30-39H,2,6,8-9,13-17,19-24H2,1,3-5H3. The van der Waals surface area contributed by atoms with Gasteiger partial charge in [0.05, 0.1) is 24.3 Å². The molecule has 0 heterocycles. The van der Waals surface area contributed by atoms with Gasteiger partial charge in [-0.15, -0.1) is 0 Å². The maximum atomic E-state index is 13.8. The summed E-state index contributed by atoms with van der Waals surface area (Å²) >= 11 is 0. The highest BCUT2D eigenvalue weighted by molar-refractivity contribution is 5.95. The van der Waals surface area contributed by atoms with Crippen molar-refractivity contribution in [3.8, 4) is 0 Å². The Balaban J connectivity index is 0.940. The average molecular weight is 673 g/mol. The molecule has 6 aliphatic carbocycles. The molecule has 13 unspecified atom stereocenters. The van der Waals surface area contributed by atoms with E-state index in [4.69, 9.17) is 14.2 Å². The van der Waals surface area contributed by atoms with Crippen LogP contribution in [0.4, 0.5) is 0 Å². The van der Waals surface area contributed by atoms with Crippen LogP contribution in [-0.2, 0) is 19.0 Å². The van der Waals surface area contributed by atoms with Crippen molar-refractivity contribution in [2.24, 2.45) is 76.9 Å². The molecule has 1 aromatic carbocycles. The van der Waals surface area contributed by atoms with Crippen LogP contribution in [0.3, 0.4) is 0 Å². The summed E-state index contributed by atoms with van der Waals surface area (Å²) in [6.07, 6.45) is 15.2. The fraction of sp³-hybridized carbons (Fsp3) is 0.744. The summed E-state index contributed by atoms with van der Waals surface area (Å²) in [5.74, 6) is 7.77. The highest BCUT2D eigenvalue weighted by Crippen LogP contribution is 2.65. The molecule has 0 N–H and O–H groups in total. The molecule has 1 aromatic rings. The lowest BCUT2D eigenvalue weighted by molar-refractivity contribution is -0.139. The molecule has 0 saturated heterocycles. The highest BCUT2D eigenvalue weighted by Gasteiger charge is 2.61. The normalized spacial score (nSPS) is 37.5. The molecule has 6 saturated carbocycles. The zero-order valence-corrected chi connectivity index (χ0v) is 30.4. The lowest BCUT2D eigenvalue weighted by Gasteiger charge is -2.44. The van der Waals surface area contributed by atoms with Gasteiger partial charge >= 0.3 is 17.9 Å². The average Bonchev–Trinajstić information content (AvgIpc) is 3.96. The van der Waals surface area contributed by atoms with Gasteiger partial charge in [0.15, 0.2) is 0 Å². The van der Waals surface area contributed by atoms with Crippen LogP contribution in [-0.4, -0.2) is 36.7 Å². The molecule has 13 atom stereocenters. The summed E-state index contributed by atoms with van der Waals surface area (Å²) in [5.41, 5.74) is 0.321. The summed E-state index contributed by atoms with van der Waals surface area (Å²) in [5, 5.41) is 0. The van der Waals surface area contributed by atoms with Crippen molar-refractivity contribution in [3.05, 3.63) is 48.0 Å². The number of ether oxygens (including phenoxy) is 3. The Kier molecular flexibility index (Phi) is 10.1. The zero-order valence-electron chi connectivity index (χ0n) is 30.4. The molecule has 6 heteroatoms. The monoisotopic (exact) mass is 672 g/mol. The number of benzene rings is 1. The van der Waals surface area contributed by atoms with Gasteiger partial charge in [-0.2, -0.15) is 0 Å². The van der Waals surface area contributed by atoms with E-state index in [1.165, 1.54) is 51.0 Å². The third-order valence-electron chi connectivity index (χ3n) is 15.2. The van der Waals surface area contributed by atoms with E-state index in [-0.39, 0.29) is 17.9 Å². The summed E-state index contributed by atoms with van der Waals surface area (Å²) in [6.45, 7) is 13.5. The summed E-state index contributed by atoms with van der Waals surface area (Å²) in [4.78, 5) is 38.8. The largest absolute Gasteiger partial charge is 0.462 e. The molecule has 4 bridgehead atoms. The molecule has 6 nitrogen and oxygen atoms in total. The van der Waals surface area contributed by atoms with E-state index in [0.29, 0.717) is 65.8 Å². The van der Waals surface area contributed by atoms with Crippen molar-refractivity contribution < 1.29 is 28.6 Å². The van der Waals surface area contributed by atoms with Crippen LogP contribution < -0.4 is 0 Å². The quantitative estimate of drug-likeness (QED) is 0.111. The molecule has 6 aliphatic rings. The van der Waals surface area contributed by atoms with Crippen molar-refractivity contribution in [2.75, 3.05) is 13.2 Å². The van der Waals surface area contributed by atoms with E-state index >= 15 is 0 Å². The van der Waals surface area contributed by atoms with Gasteiger partial charge in [0, 0.05) is 12.0 Å². The Labute approximate surface area is 294 Å². The van der Waals surface area contributed by atoms with Gasteiger partial charge in [-0.25, -0.2) is 14.4 Å². The van der Waals surface area contributed by atoms with Crippen molar-refractivity contribution in [2.45, 2.75) is 110 Å². The zero-order chi connectivity index (χ0) is 34.4. The van der Waals surface area contributed by atoms with Gasteiger partial charge in [0.1, 0.15) is 5.60 Å². The molecule has 0 radical (unpaired) electrons. The van der Waals surface area contributed by atoms with Crippen molar-refractivity contribution >= 4 is 17.9 Å². The van der Waals surface area contributed by atoms with E-state index in [9.17, 15) is 14.4 Å². The van der Waals surface area contributed by atoms with Crippen LogP contribution in [0.5, 0.6) is 0 Å². The van der Waals surface area contributed by atoms with E-state index in [1.807, 2.05) is 0 Å². The first kappa shape index (κ1) is 34.8. The van der Waals surface area contributed by atoms with E-state index in [0.717, 1.165) is 67.6 Å². The van der Waals surface area contributed by atoms with Crippen LogP contribution in [0.1, 0.15) is 125 Å². The molecule has 6 fully saturated rings. The predicted octanol–water partition coefficient (Wildman–Crippen LogP) is 9.32. The second kappa shape index (κ2) is 14.2. The molecule has 0 aromatic heterocycles. The molecule has 0 spiro atoms. The summed E-state index contributed by atoms with van der Waals surface area (Å²) in [7, 11) is 0. The fourth-order valence-electron chi connectivity index (χ4n) is 12.9. The minimum absolute atomic E-state index is 0.326. The Hall–Kier alpha value is -2.63. The smallest absolute Gasteiger partial charge is 0.338 e. The Bertz CT molecular complexity index is 1400. The van der Waals surface area contributed by atoms with E-state index in [1.54, 1.807) is 24.3 Å². The molecule has 49 heavy (non-hydrogen) atoms. The van der Waals surface area contributed by atoms with Crippen molar-refractivity contribution in [1.29, 1.82) is 0 Å². The number of hydrogen-bond acceptors (Lipinski definition) is 6. The van der Waals surface area contributed by atoms with Crippen LogP contribution in [0, 0.1) is 76.9 Å². The number of fused-ring (bicyclic) bond motifs is 10. The van der Waals surface area contributed by atoms with Crippen molar-refractivity contribution in [1.82, 2.24) is 0 Å². The number of rotatable bonds is 14. The predicted molar refractivity (Wildman–Crippen MR) is 189 cm³/mol. The minimum atomic E-state index is -0.529. The summed E-state index contributed by atoms with van der Waals surface area (Å²) < 4.78 is 17.9. The molecule has 0 amide bonds. The molecule has 268 valence electrons. The van der Waals surface area contributed by atoms with Gasteiger partial charge in [0.25, 0.3) is 0 Å². The van der Waals surface area contributed by atoms with Gasteiger partial charge in [-0.3, -0.25) is 0 Å². The van der Waals surface area contributed by atoms with Gasteiger partial charge in [-0.05, 0) is 160 Å². The second-order valence-electron chi connectivity index (χ2n) is 17.4. The highest BCUT2D eigenvalue weighted by atomic mass is 16.6. The third-order valence-corrected chi connectivity index (χ3v) is 15.2. The maximum Gasteiger partial charge on any atom is 0.338 e. The first-order chi connectivity index (χ1) is 23.7. The minimum Gasteiger partial charge on any atom is -0.462 e. The molecular weight excluding hydrogens is 612 g/mol. The SMILES string of the molecule is C=CC(=O)OCC1CC2C3CC(C2C1)C(C(CC)(CC)OC(=O)c1cccc(C(=O)OCC2CC4C5CC(CC(C)CC)C(C5)C4C2)c1)C3. The lowest BCUT2D eigenvalue weighted by Crippen LogP contribution is -2.46. The van der Waals surface area contributed by atoms with E-state index in [2.05, 4.69) is 34.3 Å². The number of esters is 3. The van der Waals surface area contributed by atoms with Gasteiger partial charge in [-0.1, -0.05) is 46.8 Å². The van der Waals surface area contributed by atoms with E-state index < -0.39 is 5.60 Å². The van der Waals surface area contributed by atoms with Crippen molar-refractivity contribution in [3.63, 3.8) is 0 Å². The Morgan fingerprint density at radius 2 is 1.37 bits per heavy atom. The topological polar surface area (TPSA) is 78.9 Å². The second-order valence-corrected chi connectivity index (χ2v) is 17.4. The first-order valence-electron chi connectivity index (χ1n) is 20.0. The molecule has 0 aliphatic heterocycles. The maximum absolute atomic E-state index is 13.8. The van der Waals surface area contributed by atoms with Crippen LogP contribution in [0.2, 0.25) is 0 Å². The van der Waals surface area contributed by atoms with Crippen LogP contribution >= 0.6 is 0 Å². The van der Waals surface area contributed by atoms with Crippen LogP contribution in [0.15, 0.2) is 36.9 Å². The molecular formula is C43H60O6. The molecule has 7 rings (SSSR count). The van der Waals surface area contributed by atoms with Gasteiger partial charge < -0.3 is 14.2 Å². The van der Waals surface area contributed by atoms with Gasteiger partial charge in [0.2, 0.25) is 0 Å². The Morgan fingerprint density at radius 3 is 2.02 bits per heavy atom.